The Labute approximate surface area is 152 Å². The number of hydrogen-bond acceptors (Lipinski definition) is 3. The van der Waals surface area contributed by atoms with Crippen molar-refractivity contribution in [2.75, 3.05) is 13.6 Å². The molecule has 140 valence electrons. The molecule has 1 aromatic carbocycles. The number of nitrogens with one attached hydrogen (secondary N) is 1. The SMILES string of the molecule is C=CC(=O)NC(CCN(C)C(=O)c1nn(C)c2ccc(F)cc12)C(C)C. The Balaban J connectivity index is 2.13. The third-order valence-electron chi connectivity index (χ3n) is 4.45. The Morgan fingerprint density at radius 2 is 2.12 bits per heavy atom. The Morgan fingerprint density at radius 1 is 1.42 bits per heavy atom. The largest absolute Gasteiger partial charge is 0.350 e. The molecule has 26 heavy (non-hydrogen) atoms. The fourth-order valence-corrected chi connectivity index (χ4v) is 2.82. The molecule has 1 aromatic heterocycles. The molecule has 2 amide bonds. The van der Waals surface area contributed by atoms with E-state index in [1.54, 1.807) is 29.7 Å². The van der Waals surface area contributed by atoms with E-state index in [4.69, 9.17) is 0 Å². The van der Waals surface area contributed by atoms with E-state index in [0.29, 0.717) is 23.9 Å². The normalized spacial score (nSPS) is 12.2. The molecular formula is C19H25FN4O2. The van der Waals surface area contributed by atoms with Crippen molar-refractivity contribution in [3.05, 3.63) is 42.4 Å². The quantitative estimate of drug-likeness (QED) is 0.772. The van der Waals surface area contributed by atoms with Crippen LogP contribution in [-0.2, 0) is 11.8 Å². The Kier molecular flexibility index (Phi) is 6.13. The van der Waals surface area contributed by atoms with Gasteiger partial charge < -0.3 is 10.2 Å². The van der Waals surface area contributed by atoms with Crippen molar-refractivity contribution >= 4 is 22.7 Å². The van der Waals surface area contributed by atoms with Crippen LogP contribution in [0.25, 0.3) is 10.9 Å². The van der Waals surface area contributed by atoms with Crippen molar-refractivity contribution in [2.24, 2.45) is 13.0 Å². The van der Waals surface area contributed by atoms with Gasteiger partial charge in [0.15, 0.2) is 5.69 Å². The highest BCUT2D eigenvalue weighted by Gasteiger charge is 2.22. The van der Waals surface area contributed by atoms with Crippen LogP contribution in [0.4, 0.5) is 4.39 Å². The first-order valence-electron chi connectivity index (χ1n) is 8.55. The van der Waals surface area contributed by atoms with Crippen LogP contribution in [0.3, 0.4) is 0 Å². The van der Waals surface area contributed by atoms with Crippen LogP contribution in [0.1, 0.15) is 30.8 Å². The predicted molar refractivity (Wildman–Crippen MR) is 99.2 cm³/mol. The van der Waals surface area contributed by atoms with Crippen molar-refractivity contribution in [1.29, 1.82) is 0 Å². The minimum Gasteiger partial charge on any atom is -0.350 e. The van der Waals surface area contributed by atoms with Gasteiger partial charge in [-0.05, 0) is 36.6 Å². The molecule has 1 unspecified atom stereocenters. The van der Waals surface area contributed by atoms with E-state index in [0.717, 1.165) is 0 Å². The van der Waals surface area contributed by atoms with Crippen LogP contribution < -0.4 is 5.32 Å². The average molecular weight is 360 g/mol. The van der Waals surface area contributed by atoms with Crippen LogP contribution in [0.2, 0.25) is 0 Å². The highest BCUT2D eigenvalue weighted by molar-refractivity contribution is 6.04. The summed E-state index contributed by atoms with van der Waals surface area (Å²) < 4.78 is 15.1. The molecule has 0 saturated carbocycles. The van der Waals surface area contributed by atoms with E-state index in [1.807, 2.05) is 13.8 Å². The molecule has 2 aromatic rings. The van der Waals surface area contributed by atoms with Crippen molar-refractivity contribution in [2.45, 2.75) is 26.3 Å². The molecule has 0 spiro atoms. The number of aromatic nitrogens is 2. The molecule has 0 saturated heterocycles. The zero-order chi connectivity index (χ0) is 19.4. The maximum atomic E-state index is 13.6. The van der Waals surface area contributed by atoms with Crippen LogP contribution in [0.15, 0.2) is 30.9 Å². The fourth-order valence-electron chi connectivity index (χ4n) is 2.82. The maximum Gasteiger partial charge on any atom is 0.274 e. The average Bonchev–Trinajstić information content (AvgIpc) is 2.92. The van der Waals surface area contributed by atoms with Crippen LogP contribution in [0.5, 0.6) is 0 Å². The summed E-state index contributed by atoms with van der Waals surface area (Å²) in [6, 6.07) is 4.20. The Bertz CT molecular complexity index is 828. The van der Waals surface area contributed by atoms with E-state index >= 15 is 0 Å². The standard InChI is InChI=1S/C19H25FN4O2/c1-6-17(25)21-15(12(2)3)9-10-23(4)19(26)18-14-11-13(20)7-8-16(14)24(5)22-18/h6-8,11-12,15H,1,9-10H2,2-5H3,(H,21,25). The zero-order valence-electron chi connectivity index (χ0n) is 15.6. The van der Waals surface area contributed by atoms with E-state index in [9.17, 15) is 14.0 Å². The lowest BCUT2D eigenvalue weighted by molar-refractivity contribution is -0.117. The second-order valence-corrected chi connectivity index (χ2v) is 6.71. The van der Waals surface area contributed by atoms with Crippen LogP contribution in [-0.4, -0.2) is 46.1 Å². The Morgan fingerprint density at radius 3 is 2.73 bits per heavy atom. The lowest BCUT2D eigenvalue weighted by atomic mass is 10.0. The van der Waals surface area contributed by atoms with Gasteiger partial charge in [0.05, 0.1) is 5.52 Å². The van der Waals surface area contributed by atoms with Gasteiger partial charge >= 0.3 is 0 Å². The minimum atomic E-state index is -0.408. The van der Waals surface area contributed by atoms with E-state index in [2.05, 4.69) is 17.0 Å². The summed E-state index contributed by atoms with van der Waals surface area (Å²) in [5.41, 5.74) is 0.919. The first kappa shape index (κ1) is 19.6. The van der Waals surface area contributed by atoms with Gasteiger partial charge in [-0.25, -0.2) is 4.39 Å². The molecule has 0 aliphatic carbocycles. The van der Waals surface area contributed by atoms with E-state index in [-0.39, 0.29) is 29.5 Å². The zero-order valence-corrected chi connectivity index (χ0v) is 15.6. The van der Waals surface area contributed by atoms with Gasteiger partial charge in [0, 0.05) is 32.1 Å². The van der Waals surface area contributed by atoms with Crippen molar-refractivity contribution in [3.63, 3.8) is 0 Å². The number of halogens is 1. The molecule has 0 aliphatic heterocycles. The van der Waals surface area contributed by atoms with Crippen LogP contribution >= 0.6 is 0 Å². The summed E-state index contributed by atoms with van der Waals surface area (Å²) in [6.07, 6.45) is 1.83. The molecule has 7 heteroatoms. The number of fused-ring (bicyclic) bond motifs is 1. The summed E-state index contributed by atoms with van der Waals surface area (Å²) in [5.74, 6) is -0.705. The topological polar surface area (TPSA) is 67.2 Å². The summed E-state index contributed by atoms with van der Waals surface area (Å²) in [5, 5.41) is 7.62. The van der Waals surface area contributed by atoms with Crippen molar-refractivity contribution in [3.8, 4) is 0 Å². The number of rotatable bonds is 7. The monoisotopic (exact) mass is 360 g/mol. The number of amides is 2. The molecule has 0 aliphatic rings. The number of hydrogen-bond donors (Lipinski definition) is 1. The molecule has 1 atom stereocenters. The number of nitrogens with zero attached hydrogens (tertiary/aromatic N) is 3. The molecule has 6 nitrogen and oxygen atoms in total. The second kappa shape index (κ2) is 8.12. The summed E-state index contributed by atoms with van der Waals surface area (Å²) in [7, 11) is 3.39. The molecular weight excluding hydrogens is 335 g/mol. The van der Waals surface area contributed by atoms with Gasteiger partial charge in [-0.2, -0.15) is 5.10 Å². The third kappa shape index (κ3) is 4.28. The summed E-state index contributed by atoms with van der Waals surface area (Å²) in [6.45, 7) is 7.90. The minimum absolute atomic E-state index is 0.0753. The lowest BCUT2D eigenvalue weighted by Gasteiger charge is -2.24. The highest BCUT2D eigenvalue weighted by atomic mass is 19.1. The molecule has 0 bridgehead atoms. The number of carbonyl (C=O) groups is 2. The lowest BCUT2D eigenvalue weighted by Crippen LogP contribution is -2.40. The smallest absolute Gasteiger partial charge is 0.274 e. The van der Waals surface area contributed by atoms with Crippen molar-refractivity contribution < 1.29 is 14.0 Å². The van der Waals surface area contributed by atoms with E-state index < -0.39 is 5.82 Å². The van der Waals surface area contributed by atoms with Gasteiger partial charge in [-0.3, -0.25) is 14.3 Å². The molecule has 0 fully saturated rings. The Hall–Kier alpha value is -2.70. The molecule has 1 heterocycles. The van der Waals surface area contributed by atoms with Crippen molar-refractivity contribution in [1.82, 2.24) is 20.0 Å². The molecule has 0 radical (unpaired) electrons. The number of carbonyl (C=O) groups excluding carboxylic acids is 2. The van der Waals surface area contributed by atoms with Gasteiger partial charge in [0.25, 0.3) is 5.91 Å². The third-order valence-corrected chi connectivity index (χ3v) is 4.45. The van der Waals surface area contributed by atoms with Gasteiger partial charge in [-0.1, -0.05) is 20.4 Å². The fraction of sp³-hybridized carbons (Fsp3) is 0.421. The first-order valence-corrected chi connectivity index (χ1v) is 8.55. The van der Waals surface area contributed by atoms with E-state index in [1.165, 1.54) is 18.2 Å². The van der Waals surface area contributed by atoms with Gasteiger partial charge in [0.1, 0.15) is 5.82 Å². The summed E-state index contributed by atoms with van der Waals surface area (Å²) >= 11 is 0. The predicted octanol–water partition coefficient (Wildman–Crippen LogP) is 2.50. The van der Waals surface area contributed by atoms with Crippen LogP contribution in [0, 0.1) is 11.7 Å². The summed E-state index contributed by atoms with van der Waals surface area (Å²) in [4.78, 5) is 25.9. The number of benzene rings is 1. The molecule has 2 rings (SSSR count). The van der Waals surface area contributed by atoms with Gasteiger partial charge in [-0.15, -0.1) is 0 Å². The number of aryl methyl sites for hydroxylation is 1. The highest BCUT2D eigenvalue weighted by Crippen LogP contribution is 2.20. The maximum absolute atomic E-state index is 13.6. The first-order chi connectivity index (χ1) is 12.2. The second-order valence-electron chi connectivity index (χ2n) is 6.71. The molecule has 1 N–H and O–H groups in total. The van der Waals surface area contributed by atoms with Gasteiger partial charge in [0.2, 0.25) is 5.91 Å².